The van der Waals surface area contributed by atoms with Crippen molar-refractivity contribution in [1.29, 1.82) is 0 Å². The second kappa shape index (κ2) is 6.14. The number of hydrogen-bond acceptors (Lipinski definition) is 2. The Morgan fingerprint density at radius 1 is 1.32 bits per heavy atom. The van der Waals surface area contributed by atoms with Crippen LogP contribution >= 0.6 is 27.3 Å². The molecule has 1 aromatic rings. The molecule has 0 spiro atoms. The van der Waals surface area contributed by atoms with E-state index in [0.29, 0.717) is 12.8 Å². The fourth-order valence-corrected chi connectivity index (χ4v) is 4.04. The maximum absolute atomic E-state index is 12.6. The third-order valence-electron chi connectivity index (χ3n) is 3.69. The molecular weight excluding hydrogens is 339 g/mol. The summed E-state index contributed by atoms with van der Waals surface area (Å²) in [7, 11) is 0. The van der Waals surface area contributed by atoms with Crippen molar-refractivity contribution < 1.29 is 13.2 Å². The van der Waals surface area contributed by atoms with E-state index in [2.05, 4.69) is 34.2 Å². The predicted molar refractivity (Wildman–Crippen MR) is 75.4 cm³/mol. The van der Waals surface area contributed by atoms with Gasteiger partial charge in [0.15, 0.2) is 0 Å². The molecule has 0 bridgehead atoms. The molecule has 0 aromatic carbocycles. The lowest BCUT2D eigenvalue weighted by Crippen LogP contribution is -2.37. The summed E-state index contributed by atoms with van der Waals surface area (Å²) in [5, 5.41) is 5.46. The molecule has 1 nitrogen and oxygen atoms in total. The summed E-state index contributed by atoms with van der Waals surface area (Å²) in [6.07, 6.45) is -2.29. The Morgan fingerprint density at radius 2 is 1.95 bits per heavy atom. The van der Waals surface area contributed by atoms with Gasteiger partial charge in [0.25, 0.3) is 0 Å². The molecule has 1 unspecified atom stereocenters. The van der Waals surface area contributed by atoms with Crippen molar-refractivity contribution in [3.63, 3.8) is 0 Å². The minimum atomic E-state index is -4.02. The Morgan fingerprint density at radius 3 is 2.42 bits per heavy atom. The molecule has 1 aliphatic rings. The summed E-state index contributed by atoms with van der Waals surface area (Å²) in [6, 6.07) is 2.46. The zero-order chi connectivity index (χ0) is 14.0. The summed E-state index contributed by atoms with van der Waals surface area (Å²) in [4.78, 5) is 1.21. The first kappa shape index (κ1) is 15.3. The third-order valence-corrected chi connectivity index (χ3v) is 5.57. The number of hydrogen-bond donors (Lipinski definition) is 1. The largest absolute Gasteiger partial charge is 0.391 e. The van der Waals surface area contributed by atoms with E-state index in [9.17, 15) is 13.2 Å². The van der Waals surface area contributed by atoms with Gasteiger partial charge < -0.3 is 5.32 Å². The highest BCUT2D eigenvalue weighted by molar-refractivity contribution is 9.10. The monoisotopic (exact) mass is 355 g/mol. The second-order valence-corrected chi connectivity index (χ2v) is 7.00. The summed E-state index contributed by atoms with van der Waals surface area (Å²) in [6.45, 7) is 2.06. The Balaban J connectivity index is 1.82. The number of thiophene rings is 1. The molecule has 1 aliphatic carbocycles. The number of halogens is 4. The van der Waals surface area contributed by atoms with Gasteiger partial charge in [-0.2, -0.15) is 13.2 Å². The number of nitrogens with one attached hydrogen (secondary N) is 1. The highest BCUT2D eigenvalue weighted by Crippen LogP contribution is 2.38. The molecule has 1 atom stereocenters. The SMILES string of the molecule is CC(NC1CCC(C(F)(F)F)CC1)c1cc(Br)cs1. The first-order valence-corrected chi connectivity index (χ1v) is 8.10. The molecule has 108 valence electrons. The third kappa shape index (κ3) is 4.20. The van der Waals surface area contributed by atoms with Gasteiger partial charge >= 0.3 is 6.18 Å². The first-order valence-electron chi connectivity index (χ1n) is 6.43. The molecule has 1 fully saturated rings. The Hall–Kier alpha value is -0.0700. The lowest BCUT2D eigenvalue weighted by molar-refractivity contribution is -0.182. The van der Waals surface area contributed by atoms with Gasteiger partial charge in [0.05, 0.1) is 5.92 Å². The normalized spacial score (nSPS) is 26.4. The number of alkyl halides is 3. The Labute approximate surface area is 123 Å². The predicted octanol–water partition coefficient (Wildman–Crippen LogP) is 5.28. The van der Waals surface area contributed by atoms with E-state index in [4.69, 9.17) is 0 Å². The van der Waals surface area contributed by atoms with E-state index in [0.717, 1.165) is 4.47 Å². The van der Waals surface area contributed by atoms with E-state index in [1.54, 1.807) is 11.3 Å². The minimum Gasteiger partial charge on any atom is -0.307 e. The smallest absolute Gasteiger partial charge is 0.307 e. The highest BCUT2D eigenvalue weighted by Gasteiger charge is 2.41. The lowest BCUT2D eigenvalue weighted by atomic mass is 9.85. The molecule has 0 radical (unpaired) electrons. The van der Waals surface area contributed by atoms with Crippen LogP contribution in [-0.2, 0) is 0 Å². The van der Waals surface area contributed by atoms with Gasteiger partial charge in [0, 0.05) is 26.8 Å². The maximum atomic E-state index is 12.6. The summed E-state index contributed by atoms with van der Waals surface area (Å²) < 4.78 is 38.8. The van der Waals surface area contributed by atoms with Crippen LogP contribution in [0.1, 0.15) is 43.5 Å². The molecule has 1 saturated carbocycles. The molecular formula is C13H17BrF3NS. The zero-order valence-electron chi connectivity index (χ0n) is 10.6. The Kier molecular flexibility index (Phi) is 4.95. The van der Waals surface area contributed by atoms with Crippen LogP contribution in [0.15, 0.2) is 15.9 Å². The van der Waals surface area contributed by atoms with Gasteiger partial charge in [-0.25, -0.2) is 0 Å². The zero-order valence-corrected chi connectivity index (χ0v) is 13.0. The Bertz CT molecular complexity index is 410. The summed E-state index contributed by atoms with van der Waals surface area (Å²) in [5.74, 6) is -1.10. The average molecular weight is 356 g/mol. The van der Waals surface area contributed by atoms with Crippen molar-refractivity contribution in [3.8, 4) is 0 Å². The van der Waals surface area contributed by atoms with Crippen molar-refractivity contribution in [2.45, 2.75) is 50.9 Å². The second-order valence-electron chi connectivity index (χ2n) is 5.15. The van der Waals surface area contributed by atoms with Crippen LogP contribution in [0.4, 0.5) is 13.2 Å². The molecule has 0 aliphatic heterocycles. The van der Waals surface area contributed by atoms with Gasteiger partial charge in [-0.15, -0.1) is 11.3 Å². The fourth-order valence-electron chi connectivity index (χ4n) is 2.58. The van der Waals surface area contributed by atoms with Crippen molar-refractivity contribution >= 4 is 27.3 Å². The van der Waals surface area contributed by atoms with E-state index < -0.39 is 12.1 Å². The molecule has 1 aromatic heterocycles. The van der Waals surface area contributed by atoms with Crippen LogP contribution in [0.25, 0.3) is 0 Å². The lowest BCUT2D eigenvalue weighted by Gasteiger charge is -2.32. The standard InChI is InChI=1S/C13H17BrF3NS/c1-8(12-6-10(14)7-19-12)18-11-4-2-9(3-5-11)13(15,16)17/h6-9,11,18H,2-5H2,1H3. The van der Waals surface area contributed by atoms with Gasteiger partial charge in [0.1, 0.15) is 0 Å². The van der Waals surface area contributed by atoms with Gasteiger partial charge in [-0.05, 0) is 54.6 Å². The maximum Gasteiger partial charge on any atom is 0.391 e. The van der Waals surface area contributed by atoms with Crippen LogP contribution in [0.2, 0.25) is 0 Å². The topological polar surface area (TPSA) is 12.0 Å². The minimum absolute atomic E-state index is 0.198. The molecule has 2 rings (SSSR count). The molecule has 0 amide bonds. The number of rotatable bonds is 3. The van der Waals surface area contributed by atoms with Crippen LogP contribution in [0, 0.1) is 5.92 Å². The first-order chi connectivity index (χ1) is 8.86. The van der Waals surface area contributed by atoms with Crippen LogP contribution in [0.5, 0.6) is 0 Å². The summed E-state index contributed by atoms with van der Waals surface area (Å²) >= 11 is 5.07. The quantitative estimate of drug-likeness (QED) is 0.777. The van der Waals surface area contributed by atoms with Gasteiger partial charge in [-0.1, -0.05) is 0 Å². The molecule has 1 N–H and O–H groups in total. The van der Waals surface area contributed by atoms with Gasteiger partial charge in [-0.3, -0.25) is 0 Å². The van der Waals surface area contributed by atoms with E-state index in [1.807, 2.05) is 5.38 Å². The van der Waals surface area contributed by atoms with E-state index >= 15 is 0 Å². The van der Waals surface area contributed by atoms with E-state index in [-0.39, 0.29) is 24.9 Å². The van der Waals surface area contributed by atoms with Crippen molar-refractivity contribution in [3.05, 3.63) is 20.8 Å². The van der Waals surface area contributed by atoms with E-state index in [1.165, 1.54) is 4.88 Å². The highest BCUT2D eigenvalue weighted by atomic mass is 79.9. The van der Waals surface area contributed by atoms with Crippen molar-refractivity contribution in [1.82, 2.24) is 5.32 Å². The van der Waals surface area contributed by atoms with Crippen molar-refractivity contribution in [2.75, 3.05) is 0 Å². The van der Waals surface area contributed by atoms with Crippen LogP contribution in [0.3, 0.4) is 0 Å². The fraction of sp³-hybridized carbons (Fsp3) is 0.692. The molecule has 1 heterocycles. The van der Waals surface area contributed by atoms with Gasteiger partial charge in [0.2, 0.25) is 0 Å². The molecule has 6 heteroatoms. The average Bonchev–Trinajstić information content (AvgIpc) is 2.75. The molecule has 0 saturated heterocycles. The van der Waals surface area contributed by atoms with Crippen LogP contribution < -0.4 is 5.32 Å². The summed E-state index contributed by atoms with van der Waals surface area (Å²) in [5.41, 5.74) is 0. The van der Waals surface area contributed by atoms with Crippen molar-refractivity contribution in [2.24, 2.45) is 5.92 Å². The van der Waals surface area contributed by atoms with Crippen LogP contribution in [-0.4, -0.2) is 12.2 Å². The molecule has 19 heavy (non-hydrogen) atoms.